The number of esters is 1. The van der Waals surface area contributed by atoms with E-state index in [0.717, 1.165) is 26.9 Å². The Hall–Kier alpha value is -2.14. The minimum Gasteiger partial charge on any atom is -0.465 e. The van der Waals surface area contributed by atoms with Gasteiger partial charge in [0.25, 0.3) is 0 Å². The van der Waals surface area contributed by atoms with Gasteiger partial charge in [0.15, 0.2) is 0 Å². The number of nitrogens with one attached hydrogen (secondary N) is 1. The molecule has 0 amide bonds. The number of aromatic nitrogens is 2. The van der Waals surface area contributed by atoms with Gasteiger partial charge in [-0.25, -0.2) is 9.78 Å². The molecule has 0 aliphatic heterocycles. The first-order chi connectivity index (χ1) is 10.1. The molecule has 4 nitrogen and oxygen atoms in total. The lowest BCUT2D eigenvalue weighted by Crippen LogP contribution is -2.01. The van der Waals surface area contributed by atoms with E-state index < -0.39 is 0 Å². The smallest absolute Gasteiger partial charge is 0.340 e. The fourth-order valence-electron chi connectivity index (χ4n) is 2.18. The lowest BCUT2D eigenvalue weighted by Gasteiger charge is -2.00. The standard InChI is InChI=1S/C16H13BrN2O2/c1-9-6-7-10(8-12(9)17)15-18-13-5-3-4-11(14(13)19-15)16(20)21-2/h3-8H,1-2H3,(H,18,19). The normalized spacial score (nSPS) is 10.8. The topological polar surface area (TPSA) is 55.0 Å². The number of H-pyrrole nitrogens is 1. The first kappa shape index (κ1) is 13.8. The van der Waals surface area contributed by atoms with Crippen LogP contribution in [-0.4, -0.2) is 23.0 Å². The highest BCUT2D eigenvalue weighted by atomic mass is 79.9. The number of nitrogens with zero attached hydrogens (tertiary/aromatic N) is 1. The number of carbonyl (C=O) groups excluding carboxylic acids is 1. The van der Waals surface area contributed by atoms with E-state index in [2.05, 4.69) is 25.9 Å². The molecule has 2 aromatic carbocycles. The third kappa shape index (κ3) is 2.45. The molecule has 0 aliphatic carbocycles. The second-order valence-electron chi connectivity index (χ2n) is 4.74. The van der Waals surface area contributed by atoms with Gasteiger partial charge < -0.3 is 9.72 Å². The summed E-state index contributed by atoms with van der Waals surface area (Å²) in [5.41, 5.74) is 4.01. The van der Waals surface area contributed by atoms with Crippen molar-refractivity contribution < 1.29 is 9.53 Å². The minimum atomic E-state index is -0.385. The Kier molecular flexibility index (Phi) is 3.51. The van der Waals surface area contributed by atoms with Crippen LogP contribution < -0.4 is 0 Å². The van der Waals surface area contributed by atoms with Crippen molar-refractivity contribution in [1.29, 1.82) is 0 Å². The number of hydrogen-bond acceptors (Lipinski definition) is 3. The number of halogens is 1. The van der Waals surface area contributed by atoms with E-state index in [0.29, 0.717) is 11.1 Å². The summed E-state index contributed by atoms with van der Waals surface area (Å²) in [6, 6.07) is 11.4. The summed E-state index contributed by atoms with van der Waals surface area (Å²) in [5, 5.41) is 0. The summed E-state index contributed by atoms with van der Waals surface area (Å²) in [4.78, 5) is 19.6. The molecule has 1 N–H and O–H groups in total. The van der Waals surface area contributed by atoms with Crippen molar-refractivity contribution in [1.82, 2.24) is 9.97 Å². The number of imidazole rings is 1. The zero-order valence-electron chi connectivity index (χ0n) is 11.6. The first-order valence-corrected chi connectivity index (χ1v) is 7.23. The molecule has 0 aliphatic rings. The maximum atomic E-state index is 11.8. The Labute approximate surface area is 130 Å². The number of methoxy groups -OCH3 is 1. The number of carbonyl (C=O) groups is 1. The number of ether oxygens (including phenoxy) is 1. The van der Waals surface area contributed by atoms with Gasteiger partial charge in [-0.05, 0) is 30.7 Å². The summed E-state index contributed by atoms with van der Waals surface area (Å²) >= 11 is 3.52. The number of aromatic amines is 1. The fraction of sp³-hybridized carbons (Fsp3) is 0.125. The Balaban J connectivity index is 2.17. The Morgan fingerprint density at radius 2 is 2.10 bits per heavy atom. The van der Waals surface area contributed by atoms with Gasteiger partial charge in [0.2, 0.25) is 0 Å². The van der Waals surface area contributed by atoms with E-state index in [9.17, 15) is 4.79 Å². The molecule has 0 atom stereocenters. The molecule has 5 heteroatoms. The molecule has 0 spiro atoms. The van der Waals surface area contributed by atoms with E-state index >= 15 is 0 Å². The van der Waals surface area contributed by atoms with E-state index in [4.69, 9.17) is 4.74 Å². The number of benzene rings is 2. The van der Waals surface area contributed by atoms with Crippen LogP contribution in [0.1, 0.15) is 15.9 Å². The van der Waals surface area contributed by atoms with E-state index in [1.54, 1.807) is 6.07 Å². The second kappa shape index (κ2) is 5.33. The number of rotatable bonds is 2. The van der Waals surface area contributed by atoms with Crippen LogP contribution in [0, 0.1) is 6.92 Å². The van der Waals surface area contributed by atoms with Crippen LogP contribution in [0.15, 0.2) is 40.9 Å². The van der Waals surface area contributed by atoms with Gasteiger partial charge in [-0.3, -0.25) is 0 Å². The fourth-order valence-corrected chi connectivity index (χ4v) is 2.56. The Morgan fingerprint density at radius 3 is 2.81 bits per heavy atom. The predicted octanol–water partition coefficient (Wildman–Crippen LogP) is 4.09. The molecule has 0 bridgehead atoms. The quantitative estimate of drug-likeness (QED) is 0.712. The molecule has 3 rings (SSSR count). The number of aryl methyl sites for hydroxylation is 1. The van der Waals surface area contributed by atoms with E-state index in [-0.39, 0.29) is 5.97 Å². The van der Waals surface area contributed by atoms with E-state index in [1.807, 2.05) is 37.3 Å². The van der Waals surface area contributed by atoms with Gasteiger partial charge in [0.05, 0.1) is 18.2 Å². The summed E-state index contributed by atoms with van der Waals surface area (Å²) < 4.78 is 5.82. The van der Waals surface area contributed by atoms with Crippen molar-refractivity contribution in [2.45, 2.75) is 6.92 Å². The highest BCUT2D eigenvalue weighted by Gasteiger charge is 2.14. The number of fused-ring (bicyclic) bond motifs is 1. The zero-order chi connectivity index (χ0) is 15.0. The van der Waals surface area contributed by atoms with Crippen LogP contribution in [0.4, 0.5) is 0 Å². The van der Waals surface area contributed by atoms with Gasteiger partial charge >= 0.3 is 5.97 Å². The highest BCUT2D eigenvalue weighted by Crippen LogP contribution is 2.26. The summed E-state index contributed by atoms with van der Waals surface area (Å²) in [5.74, 6) is 0.339. The molecule has 0 saturated heterocycles. The molecule has 0 unspecified atom stereocenters. The van der Waals surface area contributed by atoms with Crippen molar-refractivity contribution in [3.8, 4) is 11.4 Å². The molecule has 106 valence electrons. The third-order valence-electron chi connectivity index (χ3n) is 3.36. The van der Waals surface area contributed by atoms with Crippen LogP contribution in [0.5, 0.6) is 0 Å². The van der Waals surface area contributed by atoms with Crippen molar-refractivity contribution in [3.05, 3.63) is 52.0 Å². The van der Waals surface area contributed by atoms with Gasteiger partial charge in [-0.1, -0.05) is 34.1 Å². The maximum Gasteiger partial charge on any atom is 0.340 e. The molecule has 1 aromatic heterocycles. The molecule has 0 fully saturated rings. The molecular weight excluding hydrogens is 332 g/mol. The SMILES string of the molecule is COC(=O)c1cccc2[nH]c(-c3ccc(C)c(Br)c3)nc12. The molecule has 21 heavy (non-hydrogen) atoms. The minimum absolute atomic E-state index is 0.385. The van der Waals surface area contributed by atoms with Crippen molar-refractivity contribution in [2.75, 3.05) is 7.11 Å². The van der Waals surface area contributed by atoms with Gasteiger partial charge in [-0.2, -0.15) is 0 Å². The maximum absolute atomic E-state index is 11.8. The predicted molar refractivity (Wildman–Crippen MR) is 85.3 cm³/mol. The van der Waals surface area contributed by atoms with Gasteiger partial charge in [0, 0.05) is 10.0 Å². The van der Waals surface area contributed by atoms with Crippen LogP contribution in [-0.2, 0) is 4.74 Å². The Morgan fingerprint density at radius 1 is 1.29 bits per heavy atom. The second-order valence-corrected chi connectivity index (χ2v) is 5.60. The monoisotopic (exact) mass is 344 g/mol. The average Bonchev–Trinajstić information content (AvgIpc) is 2.93. The Bertz CT molecular complexity index is 839. The van der Waals surface area contributed by atoms with Gasteiger partial charge in [-0.15, -0.1) is 0 Å². The van der Waals surface area contributed by atoms with Crippen LogP contribution in [0.25, 0.3) is 22.4 Å². The lowest BCUT2D eigenvalue weighted by atomic mass is 10.1. The van der Waals surface area contributed by atoms with Gasteiger partial charge in [0.1, 0.15) is 11.3 Å². The molecule has 0 radical (unpaired) electrons. The molecule has 0 saturated carbocycles. The number of hydrogen-bond donors (Lipinski definition) is 1. The molecule has 1 heterocycles. The van der Waals surface area contributed by atoms with Crippen LogP contribution in [0.3, 0.4) is 0 Å². The third-order valence-corrected chi connectivity index (χ3v) is 4.22. The van der Waals surface area contributed by atoms with Crippen LogP contribution >= 0.6 is 15.9 Å². The highest BCUT2D eigenvalue weighted by molar-refractivity contribution is 9.10. The average molecular weight is 345 g/mol. The number of para-hydroxylation sites is 1. The first-order valence-electron chi connectivity index (χ1n) is 6.43. The summed E-state index contributed by atoms with van der Waals surface area (Å²) in [6.07, 6.45) is 0. The zero-order valence-corrected chi connectivity index (χ0v) is 13.2. The molecular formula is C16H13BrN2O2. The molecule has 3 aromatic rings. The van der Waals surface area contributed by atoms with E-state index in [1.165, 1.54) is 7.11 Å². The van der Waals surface area contributed by atoms with Crippen molar-refractivity contribution in [3.63, 3.8) is 0 Å². The van der Waals surface area contributed by atoms with Crippen LogP contribution in [0.2, 0.25) is 0 Å². The summed E-state index contributed by atoms with van der Waals surface area (Å²) in [7, 11) is 1.37. The van der Waals surface area contributed by atoms with Crippen molar-refractivity contribution >= 4 is 32.9 Å². The van der Waals surface area contributed by atoms with Crippen molar-refractivity contribution in [2.24, 2.45) is 0 Å². The lowest BCUT2D eigenvalue weighted by molar-refractivity contribution is 0.0603. The summed E-state index contributed by atoms with van der Waals surface area (Å²) in [6.45, 7) is 2.03. The largest absolute Gasteiger partial charge is 0.465 e.